The highest BCUT2D eigenvalue weighted by Gasteiger charge is 1.80. The van der Waals surface area contributed by atoms with Crippen molar-refractivity contribution in [2.24, 2.45) is 0 Å². The first-order valence-corrected chi connectivity index (χ1v) is 3.57. The van der Waals surface area contributed by atoms with Crippen molar-refractivity contribution in [3.05, 3.63) is 30.1 Å². The third kappa shape index (κ3) is 2.12. The van der Waals surface area contributed by atoms with Gasteiger partial charge in [0.15, 0.2) is 0 Å². The van der Waals surface area contributed by atoms with Crippen molar-refractivity contribution in [3.8, 4) is 11.8 Å². The molecule has 0 atom stereocenters. The third-order valence-corrected chi connectivity index (χ3v) is 1.12. The first kappa shape index (κ1) is 7.17. The molecular formula is C8H7NS. The quantitative estimate of drug-likeness (QED) is 0.434. The summed E-state index contributed by atoms with van der Waals surface area (Å²) in [6, 6.07) is 5.65. The van der Waals surface area contributed by atoms with E-state index in [-0.39, 0.29) is 0 Å². The van der Waals surface area contributed by atoms with Crippen LogP contribution < -0.4 is 0 Å². The average Bonchev–Trinajstić information content (AvgIpc) is 2.03. The second-order valence-electron chi connectivity index (χ2n) is 1.67. The van der Waals surface area contributed by atoms with Crippen molar-refractivity contribution < 1.29 is 0 Å². The van der Waals surface area contributed by atoms with Crippen LogP contribution in [0, 0.1) is 11.8 Å². The number of thiol groups is 1. The molecule has 1 heterocycles. The predicted molar refractivity (Wildman–Crippen MR) is 45.0 cm³/mol. The molecule has 1 aromatic rings. The van der Waals surface area contributed by atoms with E-state index in [2.05, 4.69) is 29.5 Å². The molecule has 0 unspecified atom stereocenters. The summed E-state index contributed by atoms with van der Waals surface area (Å²) in [5, 5.41) is 0. The average molecular weight is 149 g/mol. The SMILES string of the molecule is SCC#Cc1ccccn1. The second-order valence-corrected chi connectivity index (χ2v) is 1.99. The maximum absolute atomic E-state index is 4.01. The number of aromatic nitrogens is 1. The van der Waals surface area contributed by atoms with Gasteiger partial charge in [0, 0.05) is 6.20 Å². The predicted octanol–water partition coefficient (Wildman–Crippen LogP) is 1.36. The molecule has 0 aliphatic carbocycles. The van der Waals surface area contributed by atoms with Gasteiger partial charge in [-0.25, -0.2) is 4.98 Å². The first-order valence-electron chi connectivity index (χ1n) is 2.94. The zero-order valence-electron chi connectivity index (χ0n) is 5.41. The summed E-state index contributed by atoms with van der Waals surface area (Å²) in [6.07, 6.45) is 1.72. The van der Waals surface area contributed by atoms with Gasteiger partial charge in [-0.2, -0.15) is 12.6 Å². The maximum Gasteiger partial charge on any atom is 0.113 e. The van der Waals surface area contributed by atoms with Gasteiger partial charge in [-0.3, -0.25) is 0 Å². The minimum atomic E-state index is 0.580. The Morgan fingerprint density at radius 2 is 2.40 bits per heavy atom. The monoisotopic (exact) mass is 149 g/mol. The lowest BCUT2D eigenvalue weighted by Crippen LogP contribution is -1.77. The third-order valence-electron chi connectivity index (χ3n) is 0.960. The van der Waals surface area contributed by atoms with E-state index in [9.17, 15) is 0 Å². The van der Waals surface area contributed by atoms with Crippen molar-refractivity contribution in [3.63, 3.8) is 0 Å². The second kappa shape index (κ2) is 3.97. The molecule has 0 aromatic carbocycles. The lowest BCUT2D eigenvalue weighted by atomic mass is 10.3. The summed E-state index contributed by atoms with van der Waals surface area (Å²) >= 11 is 3.95. The van der Waals surface area contributed by atoms with Crippen LogP contribution in [-0.2, 0) is 0 Å². The van der Waals surface area contributed by atoms with Gasteiger partial charge in [-0.1, -0.05) is 12.0 Å². The van der Waals surface area contributed by atoms with Crippen molar-refractivity contribution in [2.75, 3.05) is 5.75 Å². The largest absolute Gasteiger partial charge is 0.248 e. The van der Waals surface area contributed by atoms with Crippen molar-refractivity contribution in [2.45, 2.75) is 0 Å². The molecule has 1 aromatic heterocycles. The van der Waals surface area contributed by atoms with Crippen molar-refractivity contribution in [1.82, 2.24) is 4.98 Å². The Bertz CT molecular complexity index is 245. The zero-order chi connectivity index (χ0) is 7.23. The highest BCUT2D eigenvalue weighted by molar-refractivity contribution is 7.80. The van der Waals surface area contributed by atoms with Gasteiger partial charge < -0.3 is 0 Å². The molecule has 0 aliphatic rings. The normalized spacial score (nSPS) is 8.10. The van der Waals surface area contributed by atoms with Gasteiger partial charge in [0.05, 0.1) is 5.75 Å². The van der Waals surface area contributed by atoms with Gasteiger partial charge in [0.25, 0.3) is 0 Å². The Morgan fingerprint density at radius 1 is 1.50 bits per heavy atom. The van der Waals surface area contributed by atoms with E-state index in [0.29, 0.717) is 5.75 Å². The Hall–Kier alpha value is -0.940. The van der Waals surface area contributed by atoms with E-state index in [4.69, 9.17) is 0 Å². The van der Waals surface area contributed by atoms with E-state index < -0.39 is 0 Å². The summed E-state index contributed by atoms with van der Waals surface area (Å²) in [4.78, 5) is 4.01. The van der Waals surface area contributed by atoms with Crippen LogP contribution in [0.5, 0.6) is 0 Å². The van der Waals surface area contributed by atoms with E-state index in [0.717, 1.165) is 5.69 Å². The zero-order valence-corrected chi connectivity index (χ0v) is 6.31. The highest BCUT2D eigenvalue weighted by atomic mass is 32.1. The lowest BCUT2D eigenvalue weighted by Gasteiger charge is -1.83. The Balaban J connectivity index is 2.76. The Labute approximate surface area is 65.9 Å². The van der Waals surface area contributed by atoms with Crippen LogP contribution in [0.3, 0.4) is 0 Å². The molecule has 1 nitrogen and oxygen atoms in total. The molecule has 50 valence electrons. The van der Waals surface area contributed by atoms with Gasteiger partial charge in [-0.15, -0.1) is 0 Å². The fourth-order valence-corrected chi connectivity index (χ4v) is 0.646. The van der Waals surface area contributed by atoms with Crippen molar-refractivity contribution >= 4 is 12.6 Å². The summed E-state index contributed by atoms with van der Waals surface area (Å²) in [6.45, 7) is 0. The van der Waals surface area contributed by atoms with Crippen LogP contribution in [-0.4, -0.2) is 10.7 Å². The summed E-state index contributed by atoms with van der Waals surface area (Å²) in [5.41, 5.74) is 0.802. The highest BCUT2D eigenvalue weighted by Crippen LogP contribution is 1.88. The van der Waals surface area contributed by atoms with Crippen LogP contribution in [0.2, 0.25) is 0 Å². The van der Waals surface area contributed by atoms with Crippen LogP contribution >= 0.6 is 12.6 Å². The number of hydrogen-bond acceptors (Lipinski definition) is 2. The molecule has 0 radical (unpaired) electrons. The lowest BCUT2D eigenvalue weighted by molar-refractivity contribution is 1.29. The van der Waals surface area contributed by atoms with Crippen LogP contribution in [0.1, 0.15) is 5.69 Å². The molecular weight excluding hydrogens is 142 g/mol. The minimum absolute atomic E-state index is 0.580. The molecule has 10 heavy (non-hydrogen) atoms. The van der Waals surface area contributed by atoms with Crippen molar-refractivity contribution in [1.29, 1.82) is 0 Å². The Morgan fingerprint density at radius 3 is 3.00 bits per heavy atom. The summed E-state index contributed by atoms with van der Waals surface area (Å²) < 4.78 is 0. The smallest absolute Gasteiger partial charge is 0.113 e. The van der Waals surface area contributed by atoms with Gasteiger partial charge in [0.2, 0.25) is 0 Å². The van der Waals surface area contributed by atoms with Gasteiger partial charge >= 0.3 is 0 Å². The molecule has 0 bridgehead atoms. The first-order chi connectivity index (χ1) is 4.93. The fraction of sp³-hybridized carbons (Fsp3) is 0.125. The number of pyridine rings is 1. The molecule has 1 rings (SSSR count). The number of hydrogen-bond donors (Lipinski definition) is 1. The van der Waals surface area contributed by atoms with E-state index in [1.807, 2.05) is 18.2 Å². The maximum atomic E-state index is 4.01. The molecule has 0 saturated heterocycles. The van der Waals surface area contributed by atoms with Crippen LogP contribution in [0.15, 0.2) is 24.4 Å². The molecule has 0 saturated carbocycles. The summed E-state index contributed by atoms with van der Waals surface area (Å²) in [7, 11) is 0. The number of nitrogens with zero attached hydrogens (tertiary/aromatic N) is 1. The molecule has 2 heteroatoms. The minimum Gasteiger partial charge on any atom is -0.248 e. The molecule has 0 amide bonds. The Kier molecular flexibility index (Phi) is 2.85. The molecule has 0 aliphatic heterocycles. The van der Waals surface area contributed by atoms with Crippen LogP contribution in [0.4, 0.5) is 0 Å². The standard InChI is InChI=1S/C8H7NS/c10-7-3-5-8-4-1-2-6-9-8/h1-2,4,6,10H,7H2. The molecule has 0 N–H and O–H groups in total. The van der Waals surface area contributed by atoms with Gasteiger partial charge in [0.1, 0.15) is 5.69 Å². The van der Waals surface area contributed by atoms with E-state index in [1.54, 1.807) is 6.20 Å². The van der Waals surface area contributed by atoms with E-state index in [1.165, 1.54) is 0 Å². The molecule has 0 spiro atoms. The van der Waals surface area contributed by atoms with Gasteiger partial charge in [-0.05, 0) is 18.1 Å². The molecule has 0 fully saturated rings. The topological polar surface area (TPSA) is 12.9 Å². The number of rotatable bonds is 0. The summed E-state index contributed by atoms with van der Waals surface area (Å²) in [5.74, 6) is 6.25. The van der Waals surface area contributed by atoms with E-state index >= 15 is 0 Å². The van der Waals surface area contributed by atoms with Crippen LogP contribution in [0.25, 0.3) is 0 Å². The fourth-order valence-electron chi connectivity index (χ4n) is 0.567.